The number of amides is 1. The van der Waals surface area contributed by atoms with Crippen molar-refractivity contribution in [3.63, 3.8) is 0 Å². The van der Waals surface area contributed by atoms with Crippen LogP contribution in [-0.2, 0) is 27.8 Å². The second-order valence-electron chi connectivity index (χ2n) is 11.1. The molecule has 2 N–H and O–H groups in total. The van der Waals surface area contributed by atoms with Gasteiger partial charge in [0.05, 0.1) is 35.9 Å². The molecule has 9 heteroatoms. The van der Waals surface area contributed by atoms with Crippen LogP contribution in [-0.4, -0.2) is 36.3 Å². The zero-order valence-corrected chi connectivity index (χ0v) is 24.1. The first-order valence-corrected chi connectivity index (χ1v) is 14.6. The molecule has 1 heterocycles. The van der Waals surface area contributed by atoms with E-state index in [4.69, 9.17) is 9.47 Å². The second-order valence-corrected chi connectivity index (χ2v) is 12.9. The second kappa shape index (κ2) is 10.3. The molecule has 210 valence electrons. The molecular weight excluding hydrogens is 528 g/mol. The molecule has 1 amide bonds. The summed E-state index contributed by atoms with van der Waals surface area (Å²) in [5, 5.41) is 13.6. The van der Waals surface area contributed by atoms with E-state index in [9.17, 15) is 18.3 Å². The van der Waals surface area contributed by atoms with E-state index in [2.05, 4.69) is 5.32 Å². The highest BCUT2D eigenvalue weighted by Crippen LogP contribution is 2.41. The van der Waals surface area contributed by atoms with E-state index < -0.39 is 21.7 Å². The van der Waals surface area contributed by atoms with Crippen LogP contribution in [0.25, 0.3) is 22.2 Å². The van der Waals surface area contributed by atoms with E-state index in [-0.39, 0.29) is 17.5 Å². The molecule has 0 unspecified atom stereocenters. The molecule has 5 rings (SSSR count). The predicted octanol–water partition coefficient (Wildman–Crippen LogP) is 5.87. The summed E-state index contributed by atoms with van der Waals surface area (Å²) in [6, 6.07) is 17.4. The van der Waals surface area contributed by atoms with Crippen LogP contribution < -0.4 is 10.1 Å². The molecule has 3 aromatic carbocycles. The minimum Gasteiger partial charge on any atom is -0.497 e. The number of ether oxygens (including phenoxy) is 2. The van der Waals surface area contributed by atoms with Crippen molar-refractivity contribution in [1.82, 2.24) is 9.29 Å². The number of fused-ring (bicyclic) bond motifs is 3. The number of methoxy groups -OCH3 is 1. The van der Waals surface area contributed by atoms with E-state index in [1.54, 1.807) is 48.5 Å². The molecule has 4 aromatic rings. The highest BCUT2D eigenvalue weighted by atomic mass is 32.2. The van der Waals surface area contributed by atoms with Crippen LogP contribution in [0.15, 0.2) is 65.6 Å². The molecule has 0 bridgehead atoms. The molecule has 40 heavy (non-hydrogen) atoms. The Morgan fingerprint density at radius 2 is 1.80 bits per heavy atom. The van der Waals surface area contributed by atoms with Gasteiger partial charge in [0.1, 0.15) is 11.4 Å². The van der Waals surface area contributed by atoms with E-state index in [0.717, 1.165) is 22.1 Å². The number of carbonyl (C=O) groups is 1. The fourth-order valence-electron chi connectivity index (χ4n) is 5.27. The molecule has 1 atom stereocenters. The quantitative estimate of drug-likeness (QED) is 0.305. The molecular formula is C31H34N2O6S. The number of hydrogen-bond donors (Lipinski definition) is 2. The molecule has 0 fully saturated rings. The summed E-state index contributed by atoms with van der Waals surface area (Å²) < 4.78 is 40.6. The third kappa shape index (κ3) is 5.19. The lowest BCUT2D eigenvalue weighted by Gasteiger charge is -2.22. The van der Waals surface area contributed by atoms with Crippen LogP contribution >= 0.6 is 0 Å². The fourth-order valence-corrected chi connectivity index (χ4v) is 6.80. The van der Waals surface area contributed by atoms with Crippen molar-refractivity contribution in [1.29, 1.82) is 0 Å². The van der Waals surface area contributed by atoms with Crippen LogP contribution in [0, 0.1) is 6.92 Å². The highest BCUT2D eigenvalue weighted by Gasteiger charge is 2.31. The SMILES string of the molecule is COc1cc(CO)cc(-c2cc3c4c(ccc3n2S(=O)(=O)c2ccc(C)cc2)[C@@H](NC(=O)OC(C)(C)C)CC4)c1. The maximum absolute atomic E-state index is 14.2. The lowest BCUT2D eigenvalue weighted by Crippen LogP contribution is -2.34. The molecule has 1 aliphatic rings. The Labute approximate surface area is 234 Å². The Morgan fingerprint density at radius 3 is 2.45 bits per heavy atom. The van der Waals surface area contributed by atoms with E-state index in [1.165, 1.54) is 11.1 Å². The number of nitrogens with zero attached hydrogens (tertiary/aromatic N) is 1. The van der Waals surface area contributed by atoms with Gasteiger partial charge >= 0.3 is 6.09 Å². The Hall–Kier alpha value is -3.82. The number of nitrogens with one attached hydrogen (secondary N) is 1. The molecule has 0 saturated heterocycles. The first-order valence-electron chi connectivity index (χ1n) is 13.2. The summed E-state index contributed by atoms with van der Waals surface area (Å²) in [6.45, 7) is 7.14. The number of aliphatic hydroxyl groups is 1. The van der Waals surface area contributed by atoms with Crippen LogP contribution in [0.1, 0.15) is 55.5 Å². The van der Waals surface area contributed by atoms with Gasteiger partial charge in [-0.3, -0.25) is 0 Å². The number of alkyl carbamates (subject to hydrolysis) is 1. The van der Waals surface area contributed by atoms with Gasteiger partial charge in [-0.1, -0.05) is 23.8 Å². The van der Waals surface area contributed by atoms with Crippen LogP contribution in [0.4, 0.5) is 4.79 Å². The molecule has 1 aliphatic carbocycles. The van der Waals surface area contributed by atoms with Crippen molar-refractivity contribution in [2.45, 2.75) is 63.7 Å². The number of aromatic nitrogens is 1. The van der Waals surface area contributed by atoms with Crippen LogP contribution in [0.5, 0.6) is 5.75 Å². The zero-order valence-electron chi connectivity index (χ0n) is 23.3. The van der Waals surface area contributed by atoms with Crippen molar-refractivity contribution in [3.05, 3.63) is 82.9 Å². The fraction of sp³-hybridized carbons (Fsp3) is 0.323. The first-order chi connectivity index (χ1) is 18.9. The van der Waals surface area contributed by atoms with E-state index in [1.807, 2.05) is 39.8 Å². The molecule has 0 saturated carbocycles. The van der Waals surface area contributed by atoms with Crippen molar-refractivity contribution in [3.8, 4) is 17.0 Å². The lowest BCUT2D eigenvalue weighted by molar-refractivity contribution is 0.0503. The van der Waals surface area contributed by atoms with Gasteiger partial charge in [0.2, 0.25) is 0 Å². The molecule has 1 aromatic heterocycles. The number of rotatable bonds is 6. The molecule has 0 spiro atoms. The zero-order chi connectivity index (χ0) is 28.8. The van der Waals surface area contributed by atoms with Crippen molar-refractivity contribution in [2.24, 2.45) is 0 Å². The summed E-state index contributed by atoms with van der Waals surface area (Å²) in [5.74, 6) is 0.512. The first kappa shape index (κ1) is 27.7. The minimum atomic E-state index is -4.00. The molecule has 0 radical (unpaired) electrons. The van der Waals surface area contributed by atoms with Gasteiger partial charge in [0.15, 0.2) is 0 Å². The summed E-state index contributed by atoms with van der Waals surface area (Å²) in [5.41, 5.74) is 4.48. The Morgan fingerprint density at radius 1 is 1.07 bits per heavy atom. The third-order valence-electron chi connectivity index (χ3n) is 7.08. The number of hydrogen-bond acceptors (Lipinski definition) is 6. The summed E-state index contributed by atoms with van der Waals surface area (Å²) in [4.78, 5) is 12.7. The number of aliphatic hydroxyl groups excluding tert-OH is 1. The monoisotopic (exact) mass is 562 g/mol. The average Bonchev–Trinajstić information content (AvgIpc) is 3.49. The van der Waals surface area contributed by atoms with Gasteiger partial charge in [0.25, 0.3) is 10.0 Å². The van der Waals surface area contributed by atoms with Crippen molar-refractivity contribution in [2.75, 3.05) is 7.11 Å². The van der Waals surface area contributed by atoms with Gasteiger partial charge in [0, 0.05) is 10.9 Å². The predicted molar refractivity (Wildman–Crippen MR) is 154 cm³/mol. The summed E-state index contributed by atoms with van der Waals surface area (Å²) in [6.07, 6.45) is 0.854. The van der Waals surface area contributed by atoms with Crippen LogP contribution in [0.2, 0.25) is 0 Å². The number of benzene rings is 3. The third-order valence-corrected chi connectivity index (χ3v) is 8.82. The van der Waals surface area contributed by atoms with Gasteiger partial charge in [-0.05, 0) is 99.7 Å². The maximum Gasteiger partial charge on any atom is 0.408 e. The van der Waals surface area contributed by atoms with Gasteiger partial charge < -0.3 is 19.9 Å². The van der Waals surface area contributed by atoms with Crippen molar-refractivity contribution >= 4 is 27.0 Å². The van der Waals surface area contributed by atoms with Crippen LogP contribution in [0.3, 0.4) is 0 Å². The lowest BCUT2D eigenvalue weighted by atomic mass is 10.0. The Bertz CT molecular complexity index is 1680. The average molecular weight is 563 g/mol. The van der Waals surface area contributed by atoms with E-state index >= 15 is 0 Å². The normalized spacial score (nSPS) is 15.2. The largest absolute Gasteiger partial charge is 0.497 e. The smallest absolute Gasteiger partial charge is 0.408 e. The minimum absolute atomic E-state index is 0.173. The van der Waals surface area contributed by atoms with Gasteiger partial charge in [-0.25, -0.2) is 17.2 Å². The van der Waals surface area contributed by atoms with Gasteiger partial charge in [-0.15, -0.1) is 0 Å². The summed E-state index contributed by atoms with van der Waals surface area (Å²) >= 11 is 0. The Kier molecular flexibility index (Phi) is 7.14. The highest BCUT2D eigenvalue weighted by molar-refractivity contribution is 7.90. The number of aryl methyl sites for hydroxylation is 2. The van der Waals surface area contributed by atoms with E-state index in [0.29, 0.717) is 40.9 Å². The maximum atomic E-state index is 14.2. The molecule has 0 aliphatic heterocycles. The number of carbonyl (C=O) groups excluding carboxylic acids is 1. The van der Waals surface area contributed by atoms with Gasteiger partial charge in [-0.2, -0.15) is 0 Å². The molecule has 8 nitrogen and oxygen atoms in total. The summed E-state index contributed by atoms with van der Waals surface area (Å²) in [7, 11) is -2.47. The van der Waals surface area contributed by atoms with Crippen molar-refractivity contribution < 1.29 is 27.8 Å². The standard InChI is InChI=1S/C31H34N2O6S/c1-19-6-8-23(9-7-19)40(36,37)33-28-13-11-25-24(10-12-27(25)32-30(35)39-31(2,3)4)26(28)17-29(33)21-14-20(18-34)15-22(16-21)38-5/h6-9,11,13-17,27,34H,10,12,18H2,1-5H3,(H,32,35)/t27-/m0/s1. The topological polar surface area (TPSA) is 107 Å². The Balaban J connectivity index is 1.70.